The molecule has 0 aliphatic carbocycles. The molecule has 0 spiro atoms. The molecule has 0 saturated carbocycles. The van der Waals surface area contributed by atoms with E-state index in [2.05, 4.69) is 21.2 Å². The number of halogens is 1. The van der Waals surface area contributed by atoms with Gasteiger partial charge < -0.3 is 5.32 Å². The highest BCUT2D eigenvalue weighted by molar-refractivity contribution is 9.10. The van der Waals surface area contributed by atoms with Crippen molar-refractivity contribution < 1.29 is 13.2 Å². The molecule has 0 aromatic heterocycles. The van der Waals surface area contributed by atoms with Gasteiger partial charge in [0.05, 0.1) is 10.9 Å². The maximum Gasteiger partial charge on any atom is 0.238 e. The van der Waals surface area contributed by atoms with Gasteiger partial charge in [-0.05, 0) is 48.9 Å². The van der Waals surface area contributed by atoms with Gasteiger partial charge in [-0.3, -0.25) is 4.79 Å². The van der Waals surface area contributed by atoms with Crippen molar-refractivity contribution in [1.82, 2.24) is 0 Å². The van der Waals surface area contributed by atoms with E-state index in [1.54, 1.807) is 24.3 Å². The number of rotatable bonds is 7. The Morgan fingerprint density at radius 2 is 1.69 bits per heavy atom. The number of nitrogens with one attached hydrogen (secondary N) is 1. The zero-order valence-corrected chi connectivity index (χ0v) is 18.2. The molecule has 1 unspecified atom stereocenters. The molecule has 0 aliphatic rings. The van der Waals surface area contributed by atoms with Crippen molar-refractivity contribution in [3.63, 3.8) is 0 Å². The quantitative estimate of drug-likeness (QED) is 0.481. The lowest BCUT2D eigenvalue weighted by molar-refractivity contribution is 0.0976. The van der Waals surface area contributed by atoms with Gasteiger partial charge in [-0.1, -0.05) is 57.9 Å². The van der Waals surface area contributed by atoms with Gasteiger partial charge in [0.25, 0.3) is 0 Å². The monoisotopic (exact) mass is 472 g/mol. The van der Waals surface area contributed by atoms with Gasteiger partial charge >= 0.3 is 0 Å². The van der Waals surface area contributed by atoms with Gasteiger partial charge in [0.2, 0.25) is 10.0 Å². The van der Waals surface area contributed by atoms with E-state index in [-0.39, 0.29) is 23.1 Å². The topological polar surface area (TPSA) is 89.3 Å². The van der Waals surface area contributed by atoms with E-state index in [1.165, 1.54) is 12.1 Å². The van der Waals surface area contributed by atoms with Crippen LogP contribution in [0.15, 0.2) is 82.2 Å². The zero-order chi connectivity index (χ0) is 21.0. The number of carbonyl (C=O) groups excluding carboxylic acids is 1. The molecule has 0 bridgehead atoms. The summed E-state index contributed by atoms with van der Waals surface area (Å²) in [7, 11) is -3.75. The maximum atomic E-state index is 12.8. The van der Waals surface area contributed by atoms with Crippen molar-refractivity contribution >= 4 is 37.4 Å². The number of carbonyl (C=O) groups is 1. The van der Waals surface area contributed by atoms with Crippen LogP contribution >= 0.6 is 15.9 Å². The number of aryl methyl sites for hydroxylation is 1. The standard InChI is InChI=1S/C22H21BrN2O3S/c1-15-3-2-4-17(13-15)21(14-22(26)16-5-7-18(23)8-6-16)25-19-9-11-20(12-10-19)29(24,27)28/h2-13,21,25H,14H2,1H3,(H2,24,27,28). The number of sulfonamides is 1. The van der Waals surface area contributed by atoms with Crippen LogP contribution in [0.25, 0.3) is 0 Å². The summed E-state index contributed by atoms with van der Waals surface area (Å²) in [6.07, 6.45) is 0.252. The van der Waals surface area contributed by atoms with Crippen LogP contribution in [0.4, 0.5) is 5.69 Å². The second kappa shape index (κ2) is 8.90. The maximum absolute atomic E-state index is 12.8. The predicted molar refractivity (Wildman–Crippen MR) is 118 cm³/mol. The van der Waals surface area contributed by atoms with Crippen LogP contribution in [0.5, 0.6) is 0 Å². The van der Waals surface area contributed by atoms with Gasteiger partial charge in [-0.2, -0.15) is 0 Å². The molecule has 0 amide bonds. The Bertz CT molecular complexity index is 1110. The number of anilines is 1. The highest BCUT2D eigenvalue weighted by Crippen LogP contribution is 2.26. The highest BCUT2D eigenvalue weighted by Gasteiger charge is 2.18. The Balaban J connectivity index is 1.87. The minimum Gasteiger partial charge on any atom is -0.378 e. The first-order valence-corrected chi connectivity index (χ1v) is 11.3. The molecule has 0 heterocycles. The molecule has 3 N–H and O–H groups in total. The molecular formula is C22H21BrN2O3S. The summed E-state index contributed by atoms with van der Waals surface area (Å²) in [5.41, 5.74) is 3.41. The van der Waals surface area contributed by atoms with E-state index in [9.17, 15) is 13.2 Å². The molecule has 3 aromatic carbocycles. The largest absolute Gasteiger partial charge is 0.378 e. The van der Waals surface area contributed by atoms with E-state index in [0.717, 1.165) is 15.6 Å². The molecule has 150 valence electrons. The Morgan fingerprint density at radius 1 is 1.03 bits per heavy atom. The smallest absolute Gasteiger partial charge is 0.238 e. The fourth-order valence-corrected chi connectivity index (χ4v) is 3.80. The first-order chi connectivity index (χ1) is 13.7. The van der Waals surface area contributed by atoms with Gasteiger partial charge in [0.1, 0.15) is 0 Å². The molecule has 1 atom stereocenters. The van der Waals surface area contributed by atoms with Crippen LogP contribution in [0.3, 0.4) is 0 Å². The molecule has 29 heavy (non-hydrogen) atoms. The van der Waals surface area contributed by atoms with Crippen LogP contribution in [0, 0.1) is 6.92 Å². The zero-order valence-electron chi connectivity index (χ0n) is 15.8. The number of benzene rings is 3. The van der Waals surface area contributed by atoms with E-state index in [4.69, 9.17) is 5.14 Å². The summed E-state index contributed by atoms with van der Waals surface area (Å²) >= 11 is 3.38. The second-order valence-electron chi connectivity index (χ2n) is 6.81. The second-order valence-corrected chi connectivity index (χ2v) is 9.29. The number of Topliss-reactive ketones (excluding diaryl/α,β-unsaturated/α-hetero) is 1. The fourth-order valence-electron chi connectivity index (χ4n) is 3.02. The van der Waals surface area contributed by atoms with Crippen LogP contribution in [0.2, 0.25) is 0 Å². The summed E-state index contributed by atoms with van der Waals surface area (Å²) in [6, 6.07) is 21.1. The number of primary sulfonamides is 1. The van der Waals surface area contributed by atoms with Crippen molar-refractivity contribution in [2.45, 2.75) is 24.3 Å². The number of nitrogens with two attached hydrogens (primary N) is 1. The summed E-state index contributed by atoms with van der Waals surface area (Å²) in [5.74, 6) is 0.0117. The molecule has 3 rings (SSSR count). The Hall–Kier alpha value is -2.48. The van der Waals surface area contributed by atoms with E-state index < -0.39 is 10.0 Å². The van der Waals surface area contributed by atoms with Gasteiger partial charge in [-0.25, -0.2) is 13.6 Å². The van der Waals surface area contributed by atoms with Crippen molar-refractivity contribution in [2.24, 2.45) is 5.14 Å². The van der Waals surface area contributed by atoms with Gasteiger partial charge in [0.15, 0.2) is 5.78 Å². The lowest BCUT2D eigenvalue weighted by Gasteiger charge is -2.21. The van der Waals surface area contributed by atoms with Crippen LogP contribution in [-0.2, 0) is 10.0 Å². The predicted octanol–water partition coefficient (Wildman–Crippen LogP) is 4.83. The minimum atomic E-state index is -3.75. The van der Waals surface area contributed by atoms with Crippen LogP contribution in [-0.4, -0.2) is 14.2 Å². The van der Waals surface area contributed by atoms with Crippen LogP contribution < -0.4 is 10.5 Å². The number of hydrogen-bond donors (Lipinski definition) is 2. The first-order valence-electron chi connectivity index (χ1n) is 8.97. The lowest BCUT2D eigenvalue weighted by atomic mass is 9.96. The van der Waals surface area contributed by atoms with Gasteiger partial charge in [0, 0.05) is 22.1 Å². The van der Waals surface area contributed by atoms with Crippen molar-refractivity contribution in [3.05, 3.63) is 94.0 Å². The molecular weight excluding hydrogens is 452 g/mol. The van der Waals surface area contributed by atoms with Crippen molar-refractivity contribution in [3.8, 4) is 0 Å². The Kier molecular flexibility index (Phi) is 6.52. The summed E-state index contributed by atoms with van der Waals surface area (Å²) in [4.78, 5) is 12.9. The molecule has 7 heteroatoms. The van der Waals surface area contributed by atoms with E-state index >= 15 is 0 Å². The normalized spacial score (nSPS) is 12.4. The third-order valence-electron chi connectivity index (χ3n) is 4.52. The fraction of sp³-hybridized carbons (Fsp3) is 0.136. The van der Waals surface area contributed by atoms with Crippen molar-refractivity contribution in [2.75, 3.05) is 5.32 Å². The Labute approximate surface area is 179 Å². The molecule has 3 aromatic rings. The van der Waals surface area contributed by atoms with E-state index in [1.807, 2.05) is 43.3 Å². The molecule has 5 nitrogen and oxygen atoms in total. The summed E-state index contributed by atoms with van der Waals surface area (Å²) in [6.45, 7) is 2.00. The molecule has 0 fully saturated rings. The van der Waals surface area contributed by atoms with Crippen molar-refractivity contribution in [1.29, 1.82) is 0 Å². The average Bonchev–Trinajstić information content (AvgIpc) is 2.67. The highest BCUT2D eigenvalue weighted by atomic mass is 79.9. The average molecular weight is 473 g/mol. The Morgan fingerprint density at radius 3 is 2.28 bits per heavy atom. The third-order valence-corrected chi connectivity index (χ3v) is 5.98. The SMILES string of the molecule is Cc1cccc(C(CC(=O)c2ccc(Br)cc2)Nc2ccc(S(N)(=O)=O)cc2)c1. The minimum absolute atomic E-state index is 0.0117. The number of ketones is 1. The van der Waals surface area contributed by atoms with Crippen LogP contribution in [0.1, 0.15) is 33.9 Å². The number of hydrogen-bond acceptors (Lipinski definition) is 4. The van der Waals surface area contributed by atoms with E-state index in [0.29, 0.717) is 11.3 Å². The molecule has 0 saturated heterocycles. The first kappa shape index (κ1) is 21.2. The molecule has 0 aliphatic heterocycles. The summed E-state index contributed by atoms with van der Waals surface area (Å²) in [5, 5.41) is 8.51. The van der Waals surface area contributed by atoms with Gasteiger partial charge in [-0.15, -0.1) is 0 Å². The third kappa shape index (κ3) is 5.76. The molecule has 0 radical (unpaired) electrons. The lowest BCUT2D eigenvalue weighted by Crippen LogP contribution is -2.16. The summed E-state index contributed by atoms with van der Waals surface area (Å²) < 4.78 is 23.8.